The molecule has 0 bridgehead atoms. The van der Waals surface area contributed by atoms with Gasteiger partial charge < -0.3 is 10.4 Å². The third-order valence-electron chi connectivity index (χ3n) is 1.53. The molecule has 1 rings (SSSR count). The van der Waals surface area contributed by atoms with Crippen LogP contribution in [0.5, 0.6) is 0 Å². The molecule has 0 spiro atoms. The standard InChI is InChI=1S/C9H11NO2/c1-7(9(11)12)10-8-5-3-2-4-6-8/h2-7,10H,1H3,(H,11,12)/t7-/m1/s1. The van der Waals surface area contributed by atoms with Crippen molar-refractivity contribution in [2.75, 3.05) is 5.32 Å². The molecular weight excluding hydrogens is 154 g/mol. The van der Waals surface area contributed by atoms with Gasteiger partial charge in [-0.3, -0.25) is 4.79 Å². The predicted molar refractivity (Wildman–Crippen MR) is 47.2 cm³/mol. The molecule has 1 aromatic rings. The molecule has 0 saturated heterocycles. The minimum absolute atomic E-state index is 0.549. The normalized spacial score (nSPS) is 12.1. The van der Waals surface area contributed by atoms with Crippen LogP contribution in [0.1, 0.15) is 6.92 Å². The highest BCUT2D eigenvalue weighted by Gasteiger charge is 2.08. The molecule has 0 aliphatic carbocycles. The van der Waals surface area contributed by atoms with Crippen LogP contribution in [0.4, 0.5) is 5.69 Å². The molecule has 12 heavy (non-hydrogen) atoms. The van der Waals surface area contributed by atoms with Gasteiger partial charge in [-0.05, 0) is 19.1 Å². The van der Waals surface area contributed by atoms with Gasteiger partial charge in [0, 0.05) is 5.69 Å². The number of hydrogen-bond acceptors (Lipinski definition) is 2. The molecule has 3 nitrogen and oxygen atoms in total. The Kier molecular flexibility index (Phi) is 2.69. The summed E-state index contributed by atoms with van der Waals surface area (Å²) in [5.74, 6) is -0.848. The van der Waals surface area contributed by atoms with Crippen molar-refractivity contribution in [3.63, 3.8) is 0 Å². The van der Waals surface area contributed by atoms with E-state index >= 15 is 0 Å². The zero-order valence-corrected chi connectivity index (χ0v) is 6.82. The molecular formula is C9H11NO2. The largest absolute Gasteiger partial charge is 0.480 e. The van der Waals surface area contributed by atoms with E-state index in [1.807, 2.05) is 30.3 Å². The molecule has 0 aliphatic heterocycles. The first kappa shape index (κ1) is 8.59. The van der Waals surface area contributed by atoms with Crippen LogP contribution in [-0.4, -0.2) is 17.1 Å². The molecule has 0 saturated carbocycles. The number of aliphatic carboxylic acids is 1. The number of rotatable bonds is 3. The minimum Gasteiger partial charge on any atom is -0.480 e. The number of hydrogen-bond donors (Lipinski definition) is 2. The van der Waals surface area contributed by atoms with Gasteiger partial charge in [-0.25, -0.2) is 0 Å². The van der Waals surface area contributed by atoms with E-state index in [-0.39, 0.29) is 0 Å². The maximum absolute atomic E-state index is 10.4. The molecule has 0 amide bonds. The maximum atomic E-state index is 10.4. The predicted octanol–water partition coefficient (Wildman–Crippen LogP) is 1.57. The Labute approximate surface area is 71.0 Å². The van der Waals surface area contributed by atoms with Crippen molar-refractivity contribution in [1.82, 2.24) is 0 Å². The first-order chi connectivity index (χ1) is 5.70. The van der Waals surface area contributed by atoms with Crippen molar-refractivity contribution in [2.24, 2.45) is 0 Å². The van der Waals surface area contributed by atoms with Gasteiger partial charge in [0.1, 0.15) is 6.04 Å². The van der Waals surface area contributed by atoms with Gasteiger partial charge in [0.05, 0.1) is 0 Å². The van der Waals surface area contributed by atoms with Gasteiger partial charge in [-0.1, -0.05) is 18.2 Å². The lowest BCUT2D eigenvalue weighted by Crippen LogP contribution is -2.25. The number of benzene rings is 1. The number of carbonyl (C=O) groups is 1. The highest BCUT2D eigenvalue weighted by molar-refractivity contribution is 5.76. The molecule has 0 fully saturated rings. The van der Waals surface area contributed by atoms with Gasteiger partial charge in [0.15, 0.2) is 0 Å². The van der Waals surface area contributed by atoms with Crippen molar-refractivity contribution in [3.8, 4) is 0 Å². The lowest BCUT2D eigenvalue weighted by Gasteiger charge is -2.09. The van der Waals surface area contributed by atoms with Crippen molar-refractivity contribution in [2.45, 2.75) is 13.0 Å². The van der Waals surface area contributed by atoms with E-state index in [0.717, 1.165) is 5.69 Å². The van der Waals surface area contributed by atoms with E-state index in [1.165, 1.54) is 0 Å². The van der Waals surface area contributed by atoms with Crippen LogP contribution < -0.4 is 5.32 Å². The van der Waals surface area contributed by atoms with Crippen LogP contribution in [0.2, 0.25) is 0 Å². The molecule has 0 aromatic heterocycles. The van der Waals surface area contributed by atoms with E-state index < -0.39 is 12.0 Å². The molecule has 0 radical (unpaired) electrons. The van der Waals surface area contributed by atoms with Gasteiger partial charge >= 0.3 is 5.97 Å². The Hall–Kier alpha value is -1.51. The van der Waals surface area contributed by atoms with E-state index in [9.17, 15) is 4.79 Å². The lowest BCUT2D eigenvalue weighted by molar-refractivity contribution is -0.137. The molecule has 1 atom stereocenters. The van der Waals surface area contributed by atoms with Crippen LogP contribution in [-0.2, 0) is 4.79 Å². The summed E-state index contributed by atoms with van der Waals surface area (Å²) in [6.07, 6.45) is 0. The fourth-order valence-electron chi connectivity index (χ4n) is 0.846. The average molecular weight is 165 g/mol. The number of carboxylic acid groups (broad SMARTS) is 1. The second-order valence-corrected chi connectivity index (χ2v) is 2.57. The second kappa shape index (κ2) is 3.76. The summed E-state index contributed by atoms with van der Waals surface area (Å²) in [6, 6.07) is 8.72. The molecule has 0 unspecified atom stereocenters. The van der Waals surface area contributed by atoms with E-state index in [1.54, 1.807) is 6.92 Å². The van der Waals surface area contributed by atoms with Crippen LogP contribution in [0, 0.1) is 0 Å². The minimum atomic E-state index is -0.848. The first-order valence-electron chi connectivity index (χ1n) is 3.74. The van der Waals surface area contributed by atoms with Crippen LogP contribution >= 0.6 is 0 Å². The smallest absolute Gasteiger partial charge is 0.325 e. The topological polar surface area (TPSA) is 49.3 Å². The van der Waals surface area contributed by atoms with E-state index in [2.05, 4.69) is 5.32 Å². The Morgan fingerprint density at radius 3 is 2.50 bits per heavy atom. The Bertz CT molecular complexity index is 258. The molecule has 2 N–H and O–H groups in total. The van der Waals surface area contributed by atoms with Crippen molar-refractivity contribution in [1.29, 1.82) is 0 Å². The number of nitrogens with one attached hydrogen (secondary N) is 1. The summed E-state index contributed by atoms with van der Waals surface area (Å²) in [5.41, 5.74) is 0.826. The SMILES string of the molecule is C[C@@H](Nc1ccccc1)C(=O)O. The van der Waals surface area contributed by atoms with Crippen molar-refractivity contribution in [3.05, 3.63) is 30.3 Å². The molecule has 0 aliphatic rings. The highest BCUT2D eigenvalue weighted by atomic mass is 16.4. The third kappa shape index (κ3) is 2.27. The third-order valence-corrected chi connectivity index (χ3v) is 1.53. The van der Waals surface area contributed by atoms with E-state index in [4.69, 9.17) is 5.11 Å². The van der Waals surface area contributed by atoms with Gasteiger partial charge in [0.25, 0.3) is 0 Å². The van der Waals surface area contributed by atoms with E-state index in [0.29, 0.717) is 0 Å². The Morgan fingerprint density at radius 1 is 1.42 bits per heavy atom. The van der Waals surface area contributed by atoms with Gasteiger partial charge in [-0.2, -0.15) is 0 Å². The molecule has 0 heterocycles. The van der Waals surface area contributed by atoms with Gasteiger partial charge in [-0.15, -0.1) is 0 Å². The quantitative estimate of drug-likeness (QED) is 0.714. The summed E-state index contributed by atoms with van der Waals surface area (Å²) < 4.78 is 0. The van der Waals surface area contributed by atoms with Crippen molar-refractivity contribution >= 4 is 11.7 Å². The lowest BCUT2D eigenvalue weighted by atomic mass is 10.3. The maximum Gasteiger partial charge on any atom is 0.325 e. The monoisotopic (exact) mass is 165 g/mol. The highest BCUT2D eigenvalue weighted by Crippen LogP contribution is 2.06. The summed E-state index contributed by atoms with van der Waals surface area (Å²) in [7, 11) is 0. The zero-order valence-electron chi connectivity index (χ0n) is 6.82. The summed E-state index contributed by atoms with van der Waals surface area (Å²) in [4.78, 5) is 10.4. The Balaban J connectivity index is 2.58. The average Bonchev–Trinajstić information content (AvgIpc) is 2.06. The van der Waals surface area contributed by atoms with Crippen molar-refractivity contribution < 1.29 is 9.90 Å². The molecule has 64 valence electrons. The van der Waals surface area contributed by atoms with Crippen LogP contribution in [0.15, 0.2) is 30.3 Å². The summed E-state index contributed by atoms with van der Waals surface area (Å²) in [6.45, 7) is 1.61. The fourth-order valence-corrected chi connectivity index (χ4v) is 0.846. The summed E-state index contributed by atoms with van der Waals surface area (Å²) in [5, 5.41) is 11.4. The molecule has 3 heteroatoms. The molecule has 1 aromatic carbocycles. The fraction of sp³-hybridized carbons (Fsp3) is 0.222. The number of carboxylic acids is 1. The summed E-state index contributed by atoms with van der Waals surface area (Å²) >= 11 is 0. The number of anilines is 1. The number of para-hydroxylation sites is 1. The van der Waals surface area contributed by atoms with Crippen LogP contribution in [0.3, 0.4) is 0 Å². The van der Waals surface area contributed by atoms with Gasteiger partial charge in [0.2, 0.25) is 0 Å². The second-order valence-electron chi connectivity index (χ2n) is 2.57. The first-order valence-corrected chi connectivity index (χ1v) is 3.74. The van der Waals surface area contributed by atoms with Crippen LogP contribution in [0.25, 0.3) is 0 Å². The zero-order chi connectivity index (χ0) is 8.97. The Morgan fingerprint density at radius 2 is 2.00 bits per heavy atom.